The van der Waals surface area contributed by atoms with Gasteiger partial charge in [-0.25, -0.2) is 0 Å². The molecule has 0 bridgehead atoms. The first-order valence-corrected chi connectivity index (χ1v) is 6.92. The molecule has 2 rings (SSSR count). The van der Waals surface area contributed by atoms with Gasteiger partial charge in [-0.1, -0.05) is 36.4 Å². The Morgan fingerprint density at radius 3 is 2.48 bits per heavy atom. The minimum absolute atomic E-state index is 0.158. The summed E-state index contributed by atoms with van der Waals surface area (Å²) in [5.41, 5.74) is 6.53. The molecule has 0 saturated heterocycles. The van der Waals surface area contributed by atoms with E-state index in [0.717, 1.165) is 17.0 Å². The molecular weight excluding hydrogens is 264 g/mol. The third kappa shape index (κ3) is 3.54. The van der Waals surface area contributed by atoms with Crippen LogP contribution in [0.15, 0.2) is 54.6 Å². The van der Waals surface area contributed by atoms with Crippen molar-refractivity contribution >= 4 is 5.69 Å². The lowest BCUT2D eigenvalue weighted by molar-refractivity contribution is 0.0543. The number of ether oxygens (including phenoxy) is 1. The van der Waals surface area contributed by atoms with E-state index in [1.807, 2.05) is 66.5 Å². The van der Waals surface area contributed by atoms with Crippen LogP contribution in [0.3, 0.4) is 0 Å². The Hall–Kier alpha value is -2.04. The Kier molecular flexibility index (Phi) is 4.83. The molecular formula is C17H22N2O2. The summed E-state index contributed by atoms with van der Waals surface area (Å²) in [4.78, 5) is 1.97. The van der Waals surface area contributed by atoms with Crippen LogP contribution in [0, 0.1) is 0 Å². The highest BCUT2D eigenvalue weighted by molar-refractivity contribution is 5.50. The number of anilines is 1. The lowest BCUT2D eigenvalue weighted by Gasteiger charge is -2.33. The second kappa shape index (κ2) is 6.61. The SMILES string of the molecule is COc1cccc(N(C)CC(O)(CN)c2ccccc2)c1. The molecule has 0 radical (unpaired) electrons. The maximum absolute atomic E-state index is 10.9. The largest absolute Gasteiger partial charge is 0.497 e. The Morgan fingerprint density at radius 2 is 1.86 bits per heavy atom. The van der Waals surface area contributed by atoms with E-state index in [-0.39, 0.29) is 6.54 Å². The number of likely N-dealkylation sites (N-methyl/N-ethyl adjacent to an activating group) is 1. The molecule has 0 saturated carbocycles. The zero-order valence-corrected chi connectivity index (χ0v) is 12.5. The van der Waals surface area contributed by atoms with E-state index in [2.05, 4.69) is 0 Å². The minimum Gasteiger partial charge on any atom is -0.497 e. The van der Waals surface area contributed by atoms with Crippen LogP contribution >= 0.6 is 0 Å². The maximum Gasteiger partial charge on any atom is 0.120 e. The molecule has 0 fully saturated rings. The third-order valence-corrected chi connectivity index (χ3v) is 3.64. The first kappa shape index (κ1) is 15.4. The fraction of sp³-hybridized carbons (Fsp3) is 0.294. The second-order valence-electron chi connectivity index (χ2n) is 5.16. The molecule has 0 heterocycles. The Bertz CT molecular complexity index is 574. The van der Waals surface area contributed by atoms with Gasteiger partial charge in [-0.3, -0.25) is 0 Å². The van der Waals surface area contributed by atoms with Crippen molar-refractivity contribution in [3.8, 4) is 5.75 Å². The predicted octanol–water partition coefficient (Wildman–Crippen LogP) is 1.98. The number of benzene rings is 2. The summed E-state index contributed by atoms with van der Waals surface area (Å²) < 4.78 is 5.23. The molecule has 4 heteroatoms. The summed E-state index contributed by atoms with van der Waals surface area (Å²) >= 11 is 0. The number of nitrogens with two attached hydrogens (primary N) is 1. The van der Waals surface area contributed by atoms with Gasteiger partial charge in [-0.15, -0.1) is 0 Å². The molecule has 0 spiro atoms. The quantitative estimate of drug-likeness (QED) is 0.852. The van der Waals surface area contributed by atoms with Crippen molar-refractivity contribution in [1.82, 2.24) is 0 Å². The topological polar surface area (TPSA) is 58.7 Å². The Morgan fingerprint density at radius 1 is 1.14 bits per heavy atom. The van der Waals surface area contributed by atoms with E-state index < -0.39 is 5.60 Å². The minimum atomic E-state index is -1.08. The van der Waals surface area contributed by atoms with Crippen LogP contribution in [0.1, 0.15) is 5.56 Å². The average Bonchev–Trinajstić information content (AvgIpc) is 2.55. The van der Waals surface area contributed by atoms with Crippen LogP contribution in [-0.2, 0) is 5.60 Å². The highest BCUT2D eigenvalue weighted by atomic mass is 16.5. The van der Waals surface area contributed by atoms with Crippen LogP contribution in [-0.4, -0.2) is 32.4 Å². The summed E-state index contributed by atoms with van der Waals surface area (Å²) in [6.45, 7) is 0.562. The van der Waals surface area contributed by atoms with Crippen LogP contribution < -0.4 is 15.4 Å². The van der Waals surface area contributed by atoms with Crippen LogP contribution in [0.4, 0.5) is 5.69 Å². The van der Waals surface area contributed by atoms with Gasteiger partial charge in [-0.05, 0) is 17.7 Å². The molecule has 2 aromatic rings. The van der Waals surface area contributed by atoms with Gasteiger partial charge in [0.1, 0.15) is 11.4 Å². The average molecular weight is 286 g/mol. The Labute approximate surface area is 125 Å². The van der Waals surface area contributed by atoms with Gasteiger partial charge < -0.3 is 20.5 Å². The van der Waals surface area contributed by atoms with Gasteiger partial charge in [0, 0.05) is 25.3 Å². The van der Waals surface area contributed by atoms with Crippen molar-refractivity contribution in [1.29, 1.82) is 0 Å². The van der Waals surface area contributed by atoms with Crippen LogP contribution in [0.25, 0.3) is 0 Å². The summed E-state index contributed by atoms with van der Waals surface area (Å²) in [6.07, 6.45) is 0. The van der Waals surface area contributed by atoms with Crippen LogP contribution in [0.5, 0.6) is 5.75 Å². The molecule has 0 aliphatic heterocycles. The molecule has 0 aliphatic rings. The number of rotatable bonds is 6. The molecule has 1 atom stereocenters. The summed E-state index contributed by atoms with van der Waals surface area (Å²) in [7, 11) is 3.57. The van der Waals surface area contributed by atoms with E-state index >= 15 is 0 Å². The fourth-order valence-electron chi connectivity index (χ4n) is 2.35. The molecule has 112 valence electrons. The van der Waals surface area contributed by atoms with Gasteiger partial charge in [0.2, 0.25) is 0 Å². The van der Waals surface area contributed by atoms with Crippen molar-refractivity contribution in [3.63, 3.8) is 0 Å². The lowest BCUT2D eigenvalue weighted by atomic mass is 9.93. The molecule has 21 heavy (non-hydrogen) atoms. The highest BCUT2D eigenvalue weighted by Gasteiger charge is 2.29. The molecule has 0 amide bonds. The molecule has 3 N–H and O–H groups in total. The van der Waals surface area contributed by atoms with Crippen molar-refractivity contribution in [2.45, 2.75) is 5.60 Å². The standard InChI is InChI=1S/C17H22N2O2/c1-19(15-9-6-10-16(11-15)21-2)13-17(20,12-18)14-7-4-3-5-8-14/h3-11,20H,12-13,18H2,1-2H3. The fourth-order valence-corrected chi connectivity index (χ4v) is 2.35. The third-order valence-electron chi connectivity index (χ3n) is 3.64. The monoisotopic (exact) mass is 286 g/mol. The number of methoxy groups -OCH3 is 1. The van der Waals surface area contributed by atoms with E-state index in [0.29, 0.717) is 6.54 Å². The van der Waals surface area contributed by atoms with Crippen LogP contribution in [0.2, 0.25) is 0 Å². The first-order valence-electron chi connectivity index (χ1n) is 6.92. The second-order valence-corrected chi connectivity index (χ2v) is 5.16. The highest BCUT2D eigenvalue weighted by Crippen LogP contribution is 2.25. The van der Waals surface area contributed by atoms with Crippen molar-refractivity contribution in [3.05, 3.63) is 60.2 Å². The zero-order chi connectivity index (χ0) is 15.3. The van der Waals surface area contributed by atoms with E-state index in [9.17, 15) is 5.11 Å². The molecule has 0 aliphatic carbocycles. The van der Waals surface area contributed by atoms with Gasteiger partial charge in [0.05, 0.1) is 13.7 Å². The maximum atomic E-state index is 10.9. The smallest absolute Gasteiger partial charge is 0.120 e. The van der Waals surface area contributed by atoms with Gasteiger partial charge in [0.25, 0.3) is 0 Å². The summed E-state index contributed by atoms with van der Waals surface area (Å²) in [5, 5.41) is 10.9. The predicted molar refractivity (Wildman–Crippen MR) is 85.7 cm³/mol. The van der Waals surface area contributed by atoms with E-state index in [1.165, 1.54) is 0 Å². The van der Waals surface area contributed by atoms with Gasteiger partial charge >= 0.3 is 0 Å². The molecule has 4 nitrogen and oxygen atoms in total. The van der Waals surface area contributed by atoms with Gasteiger partial charge in [-0.2, -0.15) is 0 Å². The zero-order valence-electron chi connectivity index (χ0n) is 12.5. The normalized spacial score (nSPS) is 13.5. The molecule has 2 aromatic carbocycles. The van der Waals surface area contributed by atoms with Crippen molar-refractivity contribution in [2.75, 3.05) is 32.1 Å². The Balaban J connectivity index is 2.21. The van der Waals surface area contributed by atoms with Crippen molar-refractivity contribution in [2.24, 2.45) is 5.73 Å². The first-order chi connectivity index (χ1) is 10.1. The number of hydrogen-bond acceptors (Lipinski definition) is 4. The summed E-state index contributed by atoms with van der Waals surface area (Å²) in [5.74, 6) is 0.787. The van der Waals surface area contributed by atoms with E-state index in [1.54, 1.807) is 7.11 Å². The summed E-state index contributed by atoms with van der Waals surface area (Å²) in [6, 6.07) is 17.2. The van der Waals surface area contributed by atoms with Crippen molar-refractivity contribution < 1.29 is 9.84 Å². The molecule has 0 aromatic heterocycles. The lowest BCUT2D eigenvalue weighted by Crippen LogP contribution is -2.45. The van der Waals surface area contributed by atoms with Gasteiger partial charge in [0.15, 0.2) is 0 Å². The van der Waals surface area contributed by atoms with E-state index in [4.69, 9.17) is 10.5 Å². The number of nitrogens with zero attached hydrogens (tertiary/aromatic N) is 1. The number of hydrogen-bond donors (Lipinski definition) is 2. The molecule has 1 unspecified atom stereocenters. The number of aliphatic hydroxyl groups is 1.